The summed E-state index contributed by atoms with van der Waals surface area (Å²) in [6.07, 6.45) is 5.02. The molecule has 5 heteroatoms. The van der Waals surface area contributed by atoms with E-state index in [-0.39, 0.29) is 11.4 Å². The zero-order chi connectivity index (χ0) is 12.3. The van der Waals surface area contributed by atoms with Gasteiger partial charge in [-0.15, -0.1) is 0 Å². The fourth-order valence-electron chi connectivity index (χ4n) is 1.95. The minimum Gasteiger partial charge on any atom is -0.345 e. The van der Waals surface area contributed by atoms with Gasteiger partial charge in [-0.25, -0.2) is 4.98 Å². The summed E-state index contributed by atoms with van der Waals surface area (Å²) in [6, 6.07) is 0. The molecule has 1 aliphatic rings. The van der Waals surface area contributed by atoms with Gasteiger partial charge in [-0.1, -0.05) is 0 Å². The standard InChI is InChI=1S/C12H18N4O/c1-9-7-15-10(8-14-9)11(17)16-12(2)3-5-13-6-4-12/h7-8,13H,3-6H2,1-2H3,(H,16,17). The van der Waals surface area contributed by atoms with E-state index in [0.29, 0.717) is 5.69 Å². The third-order valence-corrected chi connectivity index (χ3v) is 3.14. The van der Waals surface area contributed by atoms with E-state index in [2.05, 4.69) is 27.5 Å². The summed E-state index contributed by atoms with van der Waals surface area (Å²) in [6.45, 7) is 5.81. The Balaban J connectivity index is 2.03. The molecule has 1 aromatic rings. The first-order chi connectivity index (χ1) is 8.09. The first-order valence-electron chi connectivity index (χ1n) is 5.91. The molecule has 92 valence electrons. The van der Waals surface area contributed by atoms with Crippen molar-refractivity contribution < 1.29 is 4.79 Å². The van der Waals surface area contributed by atoms with Crippen LogP contribution in [-0.4, -0.2) is 34.5 Å². The lowest BCUT2D eigenvalue weighted by Gasteiger charge is -2.34. The van der Waals surface area contributed by atoms with Gasteiger partial charge in [-0.3, -0.25) is 9.78 Å². The number of aryl methyl sites for hydroxylation is 1. The first-order valence-corrected chi connectivity index (χ1v) is 5.91. The molecular weight excluding hydrogens is 216 g/mol. The number of aromatic nitrogens is 2. The van der Waals surface area contributed by atoms with E-state index in [0.717, 1.165) is 31.6 Å². The summed E-state index contributed by atoms with van der Waals surface area (Å²) < 4.78 is 0. The van der Waals surface area contributed by atoms with Gasteiger partial charge in [0.05, 0.1) is 11.9 Å². The van der Waals surface area contributed by atoms with Gasteiger partial charge in [-0.05, 0) is 39.8 Å². The average molecular weight is 234 g/mol. The molecule has 5 nitrogen and oxygen atoms in total. The molecule has 0 aliphatic carbocycles. The summed E-state index contributed by atoms with van der Waals surface area (Å²) in [5, 5.41) is 6.33. The second-order valence-electron chi connectivity index (χ2n) is 4.81. The van der Waals surface area contributed by atoms with E-state index in [1.54, 1.807) is 6.20 Å². The minimum atomic E-state index is -0.137. The Kier molecular flexibility index (Phi) is 3.38. The molecule has 1 aliphatic heterocycles. The molecule has 0 radical (unpaired) electrons. The van der Waals surface area contributed by atoms with Gasteiger partial charge in [0.2, 0.25) is 0 Å². The predicted octanol–water partition coefficient (Wildman–Crippen LogP) is 0.657. The Morgan fingerprint density at radius 3 is 2.65 bits per heavy atom. The van der Waals surface area contributed by atoms with Crippen LogP contribution in [0.3, 0.4) is 0 Å². The number of carbonyl (C=O) groups excluding carboxylic acids is 1. The number of hydrogen-bond acceptors (Lipinski definition) is 4. The summed E-state index contributed by atoms with van der Waals surface area (Å²) in [5.41, 5.74) is 1.07. The molecule has 1 aromatic heterocycles. The number of amides is 1. The fraction of sp³-hybridized carbons (Fsp3) is 0.583. The number of rotatable bonds is 2. The van der Waals surface area contributed by atoms with Crippen LogP contribution in [0.15, 0.2) is 12.4 Å². The number of hydrogen-bond donors (Lipinski definition) is 2. The van der Waals surface area contributed by atoms with E-state index in [4.69, 9.17) is 0 Å². The Morgan fingerprint density at radius 1 is 1.35 bits per heavy atom. The molecule has 1 fully saturated rings. The maximum atomic E-state index is 12.0. The van der Waals surface area contributed by atoms with Crippen LogP contribution in [-0.2, 0) is 0 Å². The molecule has 2 heterocycles. The smallest absolute Gasteiger partial charge is 0.271 e. The lowest BCUT2D eigenvalue weighted by atomic mass is 9.90. The molecule has 0 saturated carbocycles. The van der Waals surface area contributed by atoms with Crippen molar-refractivity contribution in [2.45, 2.75) is 32.2 Å². The third kappa shape index (κ3) is 3.00. The van der Waals surface area contributed by atoms with Crippen molar-refractivity contribution in [1.29, 1.82) is 0 Å². The van der Waals surface area contributed by atoms with Crippen molar-refractivity contribution in [2.24, 2.45) is 0 Å². The molecule has 1 saturated heterocycles. The monoisotopic (exact) mass is 234 g/mol. The topological polar surface area (TPSA) is 66.9 Å². The van der Waals surface area contributed by atoms with Crippen LogP contribution in [0.2, 0.25) is 0 Å². The van der Waals surface area contributed by atoms with Gasteiger partial charge in [0.1, 0.15) is 5.69 Å². The van der Waals surface area contributed by atoms with E-state index in [1.165, 1.54) is 6.20 Å². The van der Waals surface area contributed by atoms with Crippen LogP contribution in [0.25, 0.3) is 0 Å². The van der Waals surface area contributed by atoms with Gasteiger partial charge in [-0.2, -0.15) is 0 Å². The van der Waals surface area contributed by atoms with Crippen molar-refractivity contribution in [3.63, 3.8) is 0 Å². The number of carbonyl (C=O) groups is 1. The summed E-state index contributed by atoms with van der Waals surface area (Å²) in [7, 11) is 0. The van der Waals surface area contributed by atoms with Crippen LogP contribution < -0.4 is 10.6 Å². The molecule has 0 atom stereocenters. The largest absolute Gasteiger partial charge is 0.345 e. The van der Waals surface area contributed by atoms with Gasteiger partial charge >= 0.3 is 0 Å². The molecule has 0 unspecified atom stereocenters. The molecule has 0 bridgehead atoms. The minimum absolute atomic E-state index is 0.130. The third-order valence-electron chi connectivity index (χ3n) is 3.14. The van der Waals surface area contributed by atoms with E-state index in [1.807, 2.05) is 6.92 Å². The molecule has 17 heavy (non-hydrogen) atoms. The zero-order valence-corrected chi connectivity index (χ0v) is 10.3. The quantitative estimate of drug-likeness (QED) is 0.788. The number of nitrogens with zero attached hydrogens (tertiary/aromatic N) is 2. The molecule has 2 N–H and O–H groups in total. The molecule has 2 rings (SSSR count). The van der Waals surface area contributed by atoms with Crippen molar-refractivity contribution in [2.75, 3.05) is 13.1 Å². The SMILES string of the molecule is Cc1cnc(C(=O)NC2(C)CCNCC2)cn1. The summed E-state index contributed by atoms with van der Waals surface area (Å²) >= 11 is 0. The van der Waals surface area contributed by atoms with E-state index in [9.17, 15) is 4.79 Å². The maximum Gasteiger partial charge on any atom is 0.271 e. The highest BCUT2D eigenvalue weighted by molar-refractivity contribution is 5.92. The molecule has 1 amide bonds. The van der Waals surface area contributed by atoms with Gasteiger partial charge in [0, 0.05) is 11.7 Å². The van der Waals surface area contributed by atoms with E-state index >= 15 is 0 Å². The van der Waals surface area contributed by atoms with Crippen LogP contribution in [0, 0.1) is 6.92 Å². The highest BCUT2D eigenvalue weighted by Gasteiger charge is 2.28. The summed E-state index contributed by atoms with van der Waals surface area (Å²) in [5.74, 6) is -0.137. The number of piperidine rings is 1. The van der Waals surface area contributed by atoms with Crippen molar-refractivity contribution >= 4 is 5.91 Å². The molecule has 0 aromatic carbocycles. The zero-order valence-electron chi connectivity index (χ0n) is 10.3. The maximum absolute atomic E-state index is 12.0. The molecule has 0 spiro atoms. The van der Waals surface area contributed by atoms with E-state index < -0.39 is 0 Å². The van der Waals surface area contributed by atoms with Gasteiger partial charge in [0.25, 0.3) is 5.91 Å². The Hall–Kier alpha value is -1.49. The Morgan fingerprint density at radius 2 is 2.06 bits per heavy atom. The highest BCUT2D eigenvalue weighted by Crippen LogP contribution is 2.17. The van der Waals surface area contributed by atoms with Crippen molar-refractivity contribution in [3.05, 3.63) is 23.8 Å². The van der Waals surface area contributed by atoms with Crippen LogP contribution in [0.5, 0.6) is 0 Å². The van der Waals surface area contributed by atoms with Crippen molar-refractivity contribution in [3.8, 4) is 0 Å². The van der Waals surface area contributed by atoms with Crippen LogP contribution in [0.1, 0.15) is 35.9 Å². The Labute approximate surface area is 101 Å². The van der Waals surface area contributed by atoms with Crippen LogP contribution in [0.4, 0.5) is 0 Å². The average Bonchev–Trinajstić information content (AvgIpc) is 2.30. The lowest BCUT2D eigenvalue weighted by Crippen LogP contribution is -2.52. The second-order valence-corrected chi connectivity index (χ2v) is 4.81. The van der Waals surface area contributed by atoms with Crippen LogP contribution >= 0.6 is 0 Å². The number of nitrogens with one attached hydrogen (secondary N) is 2. The highest BCUT2D eigenvalue weighted by atomic mass is 16.2. The Bertz CT molecular complexity index is 395. The van der Waals surface area contributed by atoms with Gasteiger partial charge < -0.3 is 10.6 Å². The summed E-state index contributed by atoms with van der Waals surface area (Å²) in [4.78, 5) is 20.2. The predicted molar refractivity (Wildman–Crippen MR) is 64.7 cm³/mol. The second kappa shape index (κ2) is 4.79. The fourth-order valence-corrected chi connectivity index (χ4v) is 1.95. The van der Waals surface area contributed by atoms with Crippen molar-refractivity contribution in [1.82, 2.24) is 20.6 Å². The van der Waals surface area contributed by atoms with Gasteiger partial charge in [0.15, 0.2) is 0 Å². The first kappa shape index (κ1) is 12.0. The molecular formula is C12H18N4O. The lowest BCUT2D eigenvalue weighted by molar-refractivity contribution is 0.0882. The normalized spacial score (nSPS) is 18.7.